The zero-order chi connectivity index (χ0) is 12.9. The fourth-order valence-electron chi connectivity index (χ4n) is 2.66. The molecular weight excluding hydrogens is 302 g/mol. The molecule has 1 fully saturated rings. The monoisotopic (exact) mass is 325 g/mol. The minimum absolute atomic E-state index is 0.549. The second-order valence-corrected chi connectivity index (χ2v) is 7.80. The van der Waals surface area contributed by atoms with Gasteiger partial charge in [0.15, 0.2) is 0 Å². The minimum atomic E-state index is -2.99. The summed E-state index contributed by atoms with van der Waals surface area (Å²) in [5.41, 5.74) is 0. The van der Waals surface area contributed by atoms with Gasteiger partial charge in [0.25, 0.3) is 0 Å². The Morgan fingerprint density at radius 1 is 1.47 bits per heavy atom. The molecule has 0 N–H and O–H groups in total. The number of hydrogen-bond donors (Lipinski definition) is 0. The van der Waals surface area contributed by atoms with E-state index in [2.05, 4.69) is 22.9 Å². The molecule has 102 valence electrons. The van der Waals surface area contributed by atoms with Crippen LogP contribution >= 0.6 is 15.9 Å². The second-order valence-electron chi connectivity index (χ2n) is 5.17. The van der Waals surface area contributed by atoms with Crippen LogP contribution < -0.4 is 0 Å². The van der Waals surface area contributed by atoms with E-state index in [1.807, 2.05) is 0 Å². The van der Waals surface area contributed by atoms with Gasteiger partial charge in [-0.1, -0.05) is 29.3 Å². The van der Waals surface area contributed by atoms with Crippen LogP contribution in [-0.2, 0) is 10.0 Å². The van der Waals surface area contributed by atoms with Crippen LogP contribution in [0.1, 0.15) is 39.0 Å². The van der Waals surface area contributed by atoms with Crippen LogP contribution in [0.2, 0.25) is 0 Å². The summed E-state index contributed by atoms with van der Waals surface area (Å²) in [5, 5.41) is 1.04. The first-order chi connectivity index (χ1) is 7.97. The average molecular weight is 326 g/mol. The van der Waals surface area contributed by atoms with Crippen molar-refractivity contribution in [3.8, 4) is 0 Å². The van der Waals surface area contributed by atoms with Crippen molar-refractivity contribution in [3.05, 3.63) is 0 Å². The van der Waals surface area contributed by atoms with Gasteiger partial charge in [0.1, 0.15) is 0 Å². The number of rotatable bonds is 6. The smallest absolute Gasteiger partial charge is 0.211 e. The molecule has 5 heteroatoms. The molecule has 1 saturated heterocycles. The Balaban J connectivity index is 2.49. The summed E-state index contributed by atoms with van der Waals surface area (Å²) in [6, 6.07) is 0. The molecule has 0 radical (unpaired) electrons. The Hall–Kier alpha value is 0.390. The lowest BCUT2D eigenvalue weighted by atomic mass is 9.88. The average Bonchev–Trinajstić information content (AvgIpc) is 2.28. The summed E-state index contributed by atoms with van der Waals surface area (Å²) < 4.78 is 24.7. The molecule has 1 rings (SSSR count). The lowest BCUT2D eigenvalue weighted by Gasteiger charge is -2.32. The number of sulfonamides is 1. The van der Waals surface area contributed by atoms with Crippen LogP contribution in [-0.4, -0.2) is 37.4 Å². The molecule has 2 atom stereocenters. The topological polar surface area (TPSA) is 37.4 Å². The van der Waals surface area contributed by atoms with Crippen molar-refractivity contribution in [3.63, 3.8) is 0 Å². The van der Waals surface area contributed by atoms with Crippen molar-refractivity contribution >= 4 is 26.0 Å². The molecule has 0 aliphatic carbocycles. The first-order valence-corrected chi connectivity index (χ1v) is 9.45. The maximum Gasteiger partial charge on any atom is 0.211 e. The molecular formula is C12H24BrNO2S. The molecule has 3 nitrogen and oxygen atoms in total. The summed E-state index contributed by atoms with van der Waals surface area (Å²) in [6.07, 6.45) is 7.12. The van der Waals surface area contributed by atoms with Crippen molar-refractivity contribution < 1.29 is 8.42 Å². The SMILES string of the molecule is CCCC(CBr)CC1CCCN(S(C)(=O)=O)C1. The first kappa shape index (κ1) is 15.4. The molecule has 0 spiro atoms. The van der Waals surface area contributed by atoms with Crippen LogP contribution in [0.5, 0.6) is 0 Å². The van der Waals surface area contributed by atoms with E-state index in [9.17, 15) is 8.42 Å². The van der Waals surface area contributed by atoms with E-state index in [0.717, 1.165) is 24.7 Å². The Morgan fingerprint density at radius 2 is 2.18 bits per heavy atom. The van der Waals surface area contributed by atoms with Crippen LogP contribution in [0, 0.1) is 11.8 Å². The van der Waals surface area contributed by atoms with Crippen LogP contribution in [0.25, 0.3) is 0 Å². The molecule has 0 aromatic carbocycles. The Morgan fingerprint density at radius 3 is 2.71 bits per heavy atom. The lowest BCUT2D eigenvalue weighted by molar-refractivity contribution is 0.233. The van der Waals surface area contributed by atoms with E-state index in [1.54, 1.807) is 4.31 Å². The largest absolute Gasteiger partial charge is 0.213 e. The van der Waals surface area contributed by atoms with Crippen LogP contribution in [0.3, 0.4) is 0 Å². The van der Waals surface area contributed by atoms with Crippen LogP contribution in [0.15, 0.2) is 0 Å². The van der Waals surface area contributed by atoms with Gasteiger partial charge in [-0.3, -0.25) is 0 Å². The third kappa shape index (κ3) is 5.26. The quantitative estimate of drug-likeness (QED) is 0.704. The highest BCUT2D eigenvalue weighted by Gasteiger charge is 2.27. The maximum absolute atomic E-state index is 11.5. The van der Waals surface area contributed by atoms with E-state index in [4.69, 9.17) is 0 Å². The predicted molar refractivity (Wildman–Crippen MR) is 75.9 cm³/mol. The first-order valence-electron chi connectivity index (χ1n) is 6.48. The van der Waals surface area contributed by atoms with Crippen molar-refractivity contribution in [2.75, 3.05) is 24.7 Å². The van der Waals surface area contributed by atoms with E-state index < -0.39 is 10.0 Å². The lowest BCUT2D eigenvalue weighted by Crippen LogP contribution is -2.39. The zero-order valence-corrected chi connectivity index (χ0v) is 13.3. The van der Waals surface area contributed by atoms with Crippen molar-refractivity contribution in [1.29, 1.82) is 0 Å². The molecule has 17 heavy (non-hydrogen) atoms. The van der Waals surface area contributed by atoms with E-state index in [1.165, 1.54) is 25.5 Å². The molecule has 1 aliphatic rings. The highest BCUT2D eigenvalue weighted by molar-refractivity contribution is 9.09. The Bertz CT molecular complexity index is 318. The summed E-state index contributed by atoms with van der Waals surface area (Å²) in [7, 11) is -2.99. The van der Waals surface area contributed by atoms with Crippen molar-refractivity contribution in [2.24, 2.45) is 11.8 Å². The Labute approximate surface area is 114 Å². The van der Waals surface area contributed by atoms with Gasteiger partial charge in [-0.05, 0) is 37.5 Å². The molecule has 0 aromatic heterocycles. The highest BCUT2D eigenvalue weighted by Crippen LogP contribution is 2.27. The van der Waals surface area contributed by atoms with Crippen molar-refractivity contribution in [2.45, 2.75) is 39.0 Å². The third-order valence-corrected chi connectivity index (χ3v) is 5.72. The second kappa shape index (κ2) is 7.10. The number of hydrogen-bond acceptors (Lipinski definition) is 2. The predicted octanol–water partition coefficient (Wildman–Crippen LogP) is 2.86. The van der Waals surface area contributed by atoms with Gasteiger partial charge in [0.2, 0.25) is 10.0 Å². The molecule has 0 aromatic rings. The van der Waals surface area contributed by atoms with E-state index >= 15 is 0 Å². The van der Waals surface area contributed by atoms with E-state index in [-0.39, 0.29) is 0 Å². The molecule has 1 heterocycles. The normalized spacial score (nSPS) is 24.8. The van der Waals surface area contributed by atoms with Gasteiger partial charge >= 0.3 is 0 Å². The van der Waals surface area contributed by atoms with Gasteiger partial charge in [-0.2, -0.15) is 0 Å². The van der Waals surface area contributed by atoms with Gasteiger partial charge < -0.3 is 0 Å². The number of alkyl halides is 1. The number of nitrogens with zero attached hydrogens (tertiary/aromatic N) is 1. The van der Waals surface area contributed by atoms with Crippen molar-refractivity contribution in [1.82, 2.24) is 4.31 Å². The fourth-order valence-corrected chi connectivity index (χ4v) is 4.19. The zero-order valence-electron chi connectivity index (χ0n) is 10.9. The minimum Gasteiger partial charge on any atom is -0.213 e. The summed E-state index contributed by atoms with van der Waals surface area (Å²) in [6.45, 7) is 3.65. The van der Waals surface area contributed by atoms with Gasteiger partial charge in [-0.25, -0.2) is 12.7 Å². The summed E-state index contributed by atoms with van der Waals surface area (Å²) in [4.78, 5) is 0. The fraction of sp³-hybridized carbons (Fsp3) is 1.00. The van der Waals surface area contributed by atoms with E-state index in [0.29, 0.717) is 18.4 Å². The van der Waals surface area contributed by atoms with Gasteiger partial charge in [0, 0.05) is 18.4 Å². The number of halogens is 1. The van der Waals surface area contributed by atoms with Crippen LogP contribution in [0.4, 0.5) is 0 Å². The highest BCUT2D eigenvalue weighted by atomic mass is 79.9. The summed E-state index contributed by atoms with van der Waals surface area (Å²) in [5.74, 6) is 1.25. The molecule has 0 saturated carbocycles. The maximum atomic E-state index is 11.5. The molecule has 0 bridgehead atoms. The summed E-state index contributed by atoms with van der Waals surface area (Å²) >= 11 is 3.57. The Kier molecular flexibility index (Phi) is 6.45. The molecule has 2 unspecified atom stereocenters. The third-order valence-electron chi connectivity index (χ3n) is 3.53. The van der Waals surface area contributed by atoms with Gasteiger partial charge in [0.05, 0.1) is 6.26 Å². The molecule has 0 amide bonds. The molecule has 1 aliphatic heterocycles. The van der Waals surface area contributed by atoms with Gasteiger partial charge in [-0.15, -0.1) is 0 Å². The standard InChI is InChI=1S/C12H24BrNO2S/c1-3-5-11(9-13)8-12-6-4-7-14(10-12)17(2,15)16/h11-12H,3-10H2,1-2H3. The number of piperidine rings is 1.